The smallest absolute Gasteiger partial charge is 0.237 e. The number of fused-ring (bicyclic) bond motifs is 2. The molecule has 1 spiro atoms. The molecule has 2 aromatic rings. The molecular formula is C29H36ClFN4O3. The third kappa shape index (κ3) is 4.83. The van der Waals surface area contributed by atoms with Gasteiger partial charge in [-0.1, -0.05) is 62.7 Å². The highest BCUT2D eigenvalue weighted by atomic mass is 35.5. The predicted octanol–water partition coefficient (Wildman–Crippen LogP) is 3.68. The molecule has 0 bridgehead atoms. The molecule has 3 aliphatic heterocycles. The molecule has 0 aromatic heterocycles. The lowest BCUT2D eigenvalue weighted by atomic mass is 9.62. The van der Waals surface area contributed by atoms with E-state index in [1.165, 1.54) is 6.07 Å². The van der Waals surface area contributed by atoms with Gasteiger partial charge < -0.3 is 20.7 Å². The van der Waals surface area contributed by atoms with Crippen LogP contribution >= 0.6 is 11.6 Å². The molecule has 9 heteroatoms. The molecule has 0 saturated carbocycles. The Morgan fingerprint density at radius 1 is 1.18 bits per heavy atom. The summed E-state index contributed by atoms with van der Waals surface area (Å²) in [4.78, 5) is 30.1. The minimum absolute atomic E-state index is 0.0323. The van der Waals surface area contributed by atoms with Crippen molar-refractivity contribution >= 4 is 29.1 Å². The predicted molar refractivity (Wildman–Crippen MR) is 146 cm³/mol. The van der Waals surface area contributed by atoms with Gasteiger partial charge in [0, 0.05) is 43.8 Å². The molecule has 1 unspecified atom stereocenters. The van der Waals surface area contributed by atoms with Crippen molar-refractivity contribution < 1.29 is 18.7 Å². The summed E-state index contributed by atoms with van der Waals surface area (Å²) in [6.07, 6.45) is 0.602. The Morgan fingerprint density at radius 2 is 1.92 bits per heavy atom. The summed E-state index contributed by atoms with van der Waals surface area (Å²) < 4.78 is 21.2. The van der Waals surface area contributed by atoms with Crippen LogP contribution in [0.4, 0.5) is 10.1 Å². The number of nitrogens with zero attached hydrogens (tertiary/aromatic N) is 1. The number of carbonyl (C=O) groups excluding carboxylic acids is 2. The Morgan fingerprint density at radius 3 is 2.66 bits per heavy atom. The number of carbonyl (C=O) groups is 2. The molecule has 0 radical (unpaired) electrons. The Labute approximate surface area is 228 Å². The van der Waals surface area contributed by atoms with E-state index in [1.807, 2.05) is 24.3 Å². The number of ether oxygens (including phenoxy) is 1. The Kier molecular flexibility index (Phi) is 7.52. The molecule has 2 saturated heterocycles. The first-order valence-electron chi connectivity index (χ1n) is 13.3. The first kappa shape index (κ1) is 27.1. The fourth-order valence-corrected chi connectivity index (χ4v) is 6.58. The van der Waals surface area contributed by atoms with Gasteiger partial charge in [-0.3, -0.25) is 14.5 Å². The van der Waals surface area contributed by atoms with Crippen LogP contribution in [0, 0.1) is 11.2 Å². The molecule has 2 fully saturated rings. The topological polar surface area (TPSA) is 82.7 Å². The fourth-order valence-electron chi connectivity index (χ4n) is 6.40. The van der Waals surface area contributed by atoms with E-state index < -0.39 is 29.2 Å². The second-order valence-electron chi connectivity index (χ2n) is 11.7. The largest absolute Gasteiger partial charge is 0.379 e. The number of rotatable bonds is 6. The molecule has 3 heterocycles. The molecule has 204 valence electrons. The fraction of sp³-hybridized carbons (Fsp3) is 0.517. The van der Waals surface area contributed by atoms with Gasteiger partial charge in [0.25, 0.3) is 0 Å². The van der Waals surface area contributed by atoms with Crippen LogP contribution in [-0.4, -0.2) is 68.2 Å². The van der Waals surface area contributed by atoms with Crippen molar-refractivity contribution in [3.8, 4) is 0 Å². The maximum Gasteiger partial charge on any atom is 0.237 e. The number of para-hydroxylation sites is 1. The van der Waals surface area contributed by atoms with Gasteiger partial charge in [-0.05, 0) is 35.1 Å². The Hall–Kier alpha value is -2.52. The first-order chi connectivity index (χ1) is 18.1. The Bertz CT molecular complexity index is 1210. The minimum atomic E-state index is -1.19. The summed E-state index contributed by atoms with van der Waals surface area (Å²) >= 11 is 6.25. The van der Waals surface area contributed by atoms with Gasteiger partial charge in [0.1, 0.15) is 11.2 Å². The number of morpholine rings is 1. The lowest BCUT2D eigenvalue weighted by Crippen LogP contribution is -2.49. The third-order valence-electron chi connectivity index (χ3n) is 8.00. The van der Waals surface area contributed by atoms with Crippen LogP contribution in [0.5, 0.6) is 0 Å². The summed E-state index contributed by atoms with van der Waals surface area (Å²) in [5.41, 5.74) is 0.379. The van der Waals surface area contributed by atoms with Gasteiger partial charge in [-0.25, -0.2) is 4.39 Å². The van der Waals surface area contributed by atoms with Crippen molar-refractivity contribution in [2.75, 3.05) is 44.7 Å². The lowest BCUT2D eigenvalue weighted by molar-refractivity contribution is -0.124. The van der Waals surface area contributed by atoms with Gasteiger partial charge in [0.05, 0.1) is 24.3 Å². The molecule has 38 heavy (non-hydrogen) atoms. The molecule has 3 aliphatic rings. The van der Waals surface area contributed by atoms with Crippen molar-refractivity contribution in [1.29, 1.82) is 0 Å². The highest BCUT2D eigenvalue weighted by Gasteiger charge is 2.66. The second kappa shape index (κ2) is 10.6. The molecule has 4 atom stereocenters. The zero-order valence-corrected chi connectivity index (χ0v) is 22.9. The number of amides is 2. The normalized spacial score (nSPS) is 27.4. The number of anilines is 1. The van der Waals surface area contributed by atoms with Crippen molar-refractivity contribution in [1.82, 2.24) is 15.5 Å². The third-order valence-corrected chi connectivity index (χ3v) is 8.29. The van der Waals surface area contributed by atoms with Crippen molar-refractivity contribution in [3.05, 3.63) is 64.4 Å². The highest BCUT2D eigenvalue weighted by molar-refractivity contribution is 6.30. The van der Waals surface area contributed by atoms with E-state index in [1.54, 1.807) is 12.1 Å². The number of benzene rings is 2. The lowest BCUT2D eigenvalue weighted by Gasteiger charge is -2.37. The van der Waals surface area contributed by atoms with Gasteiger partial charge in [0.2, 0.25) is 11.8 Å². The standard InChI is InChI=1S/C29H36ClFN4O3/c1-28(2,3)17-22-29(19-8-4-5-10-21(19)33-27(29)37)23(18-7-6-9-20(30)24(18)31)25(34-22)26(36)32-11-12-35-13-15-38-16-14-35/h4-10,22-23,25,34H,11-17H2,1-3H3,(H,32,36)(H,33,37)/t22-,23-,25?,29-/m1/s1. The van der Waals surface area contributed by atoms with E-state index in [-0.39, 0.29) is 27.8 Å². The van der Waals surface area contributed by atoms with Crippen LogP contribution in [0.2, 0.25) is 5.02 Å². The zero-order chi connectivity index (χ0) is 27.1. The molecule has 0 aliphatic carbocycles. The molecule has 7 nitrogen and oxygen atoms in total. The van der Waals surface area contributed by atoms with Crippen LogP contribution in [0.25, 0.3) is 0 Å². The van der Waals surface area contributed by atoms with Crippen LogP contribution in [0.3, 0.4) is 0 Å². The second-order valence-corrected chi connectivity index (χ2v) is 12.1. The quantitative estimate of drug-likeness (QED) is 0.519. The van der Waals surface area contributed by atoms with E-state index in [4.69, 9.17) is 16.3 Å². The van der Waals surface area contributed by atoms with Gasteiger partial charge in [-0.15, -0.1) is 0 Å². The number of halogens is 2. The maximum absolute atomic E-state index is 15.7. The van der Waals surface area contributed by atoms with Crippen molar-refractivity contribution in [2.24, 2.45) is 5.41 Å². The number of hydrogen-bond donors (Lipinski definition) is 3. The number of nitrogens with one attached hydrogen (secondary N) is 3. The Balaban J connectivity index is 1.57. The molecule has 2 aromatic carbocycles. The number of hydrogen-bond acceptors (Lipinski definition) is 5. The van der Waals surface area contributed by atoms with E-state index >= 15 is 4.39 Å². The monoisotopic (exact) mass is 542 g/mol. The van der Waals surface area contributed by atoms with E-state index in [9.17, 15) is 9.59 Å². The van der Waals surface area contributed by atoms with Crippen LogP contribution in [0.1, 0.15) is 44.2 Å². The molecule has 3 N–H and O–H groups in total. The SMILES string of the molecule is CC(C)(C)C[C@H]1NC(C(=O)NCCN2CCOCC2)[C@@H](c2cccc(Cl)c2F)[C@]12C(=O)Nc1ccccc12. The highest BCUT2D eigenvalue weighted by Crippen LogP contribution is 2.56. The van der Waals surface area contributed by atoms with Gasteiger partial charge in [0.15, 0.2) is 0 Å². The zero-order valence-electron chi connectivity index (χ0n) is 22.2. The van der Waals surface area contributed by atoms with Crippen molar-refractivity contribution in [2.45, 2.75) is 50.6 Å². The van der Waals surface area contributed by atoms with E-state index in [2.05, 4.69) is 41.6 Å². The summed E-state index contributed by atoms with van der Waals surface area (Å²) in [6.45, 7) is 10.5. The molecule has 5 rings (SSSR count). The molecular weight excluding hydrogens is 507 g/mol. The van der Waals surface area contributed by atoms with Crippen LogP contribution in [0.15, 0.2) is 42.5 Å². The van der Waals surface area contributed by atoms with E-state index in [0.29, 0.717) is 38.4 Å². The van der Waals surface area contributed by atoms with Crippen LogP contribution in [-0.2, 0) is 19.7 Å². The van der Waals surface area contributed by atoms with Gasteiger partial charge >= 0.3 is 0 Å². The minimum Gasteiger partial charge on any atom is -0.379 e. The van der Waals surface area contributed by atoms with E-state index in [0.717, 1.165) is 18.7 Å². The summed E-state index contributed by atoms with van der Waals surface area (Å²) in [6, 6.07) is 11.1. The first-order valence-corrected chi connectivity index (χ1v) is 13.7. The van der Waals surface area contributed by atoms with Crippen LogP contribution < -0.4 is 16.0 Å². The summed E-state index contributed by atoms with van der Waals surface area (Å²) in [7, 11) is 0. The van der Waals surface area contributed by atoms with Crippen molar-refractivity contribution in [3.63, 3.8) is 0 Å². The average Bonchev–Trinajstić information content (AvgIpc) is 3.36. The summed E-state index contributed by atoms with van der Waals surface area (Å²) in [5.74, 6) is -1.88. The summed E-state index contributed by atoms with van der Waals surface area (Å²) in [5, 5.41) is 9.59. The average molecular weight is 543 g/mol. The molecule has 2 amide bonds. The van der Waals surface area contributed by atoms with Gasteiger partial charge in [-0.2, -0.15) is 0 Å². The maximum atomic E-state index is 15.7.